The fourth-order valence-electron chi connectivity index (χ4n) is 3.35. The second kappa shape index (κ2) is 11.1. The Labute approximate surface area is 178 Å². The summed E-state index contributed by atoms with van der Waals surface area (Å²) >= 11 is 0.185. The minimum Gasteiger partial charge on any atom is -0.507 e. The molecule has 0 atom stereocenters. The highest BCUT2D eigenvalue weighted by atomic mass is 32.2. The number of allylic oxidation sites excluding steroid dienone is 4. The number of phenolic OH excluding ortho intramolecular Hbond substituents is 1. The van der Waals surface area contributed by atoms with Crippen molar-refractivity contribution in [1.29, 1.82) is 0 Å². The third kappa shape index (κ3) is 6.41. The van der Waals surface area contributed by atoms with Crippen LogP contribution in [0, 0.1) is 5.92 Å². The van der Waals surface area contributed by atoms with E-state index in [0.29, 0.717) is 22.0 Å². The van der Waals surface area contributed by atoms with Crippen molar-refractivity contribution >= 4 is 17.7 Å². The lowest BCUT2D eigenvalue weighted by molar-refractivity contribution is 0.216. The molecule has 0 unspecified atom stereocenters. The maximum absolute atomic E-state index is 13.3. The molecule has 0 amide bonds. The Kier molecular flexibility index (Phi) is 8.86. The molecule has 1 aromatic carbocycles. The van der Waals surface area contributed by atoms with Crippen molar-refractivity contribution in [2.24, 2.45) is 5.92 Å². The van der Waals surface area contributed by atoms with Crippen LogP contribution < -0.4 is 5.32 Å². The number of halogens is 1. The average molecular weight is 418 g/mol. The third-order valence-corrected chi connectivity index (χ3v) is 6.09. The number of nitrogens with zero attached hydrogens (tertiary/aromatic N) is 2. The van der Waals surface area contributed by atoms with Crippen molar-refractivity contribution < 1.29 is 8.99 Å². The summed E-state index contributed by atoms with van der Waals surface area (Å²) in [4.78, 5) is 4.72. The minimum absolute atomic E-state index is 0.185. The largest absolute Gasteiger partial charge is 0.507 e. The van der Waals surface area contributed by atoms with E-state index in [2.05, 4.69) is 30.4 Å². The normalized spacial score (nSPS) is 16.9. The molecule has 1 aliphatic rings. The van der Waals surface area contributed by atoms with Crippen LogP contribution >= 0.6 is 12.1 Å². The number of para-hydroxylation sites is 1. The number of benzene rings is 1. The molecule has 1 heterocycles. The summed E-state index contributed by atoms with van der Waals surface area (Å²) in [6.45, 7) is 12.7. The van der Waals surface area contributed by atoms with Gasteiger partial charge in [0.15, 0.2) is 0 Å². The Morgan fingerprint density at radius 1 is 1.38 bits per heavy atom. The zero-order chi connectivity index (χ0) is 21.4. The molecule has 0 aliphatic carbocycles. The molecule has 0 bridgehead atoms. The van der Waals surface area contributed by atoms with Crippen LogP contribution in [0.4, 0.5) is 3.89 Å². The van der Waals surface area contributed by atoms with Crippen LogP contribution in [0.2, 0.25) is 0 Å². The summed E-state index contributed by atoms with van der Waals surface area (Å²) in [5, 5.41) is 13.7. The Morgan fingerprint density at radius 3 is 2.62 bits per heavy atom. The van der Waals surface area contributed by atoms with Gasteiger partial charge in [-0.15, -0.1) is 0 Å². The van der Waals surface area contributed by atoms with Crippen molar-refractivity contribution in [3.8, 4) is 5.75 Å². The highest BCUT2D eigenvalue weighted by Crippen LogP contribution is 2.28. The molecule has 1 aliphatic heterocycles. The summed E-state index contributed by atoms with van der Waals surface area (Å²) in [5.74, 6) is 1.58. The van der Waals surface area contributed by atoms with E-state index in [4.69, 9.17) is 0 Å². The van der Waals surface area contributed by atoms with Crippen molar-refractivity contribution in [3.05, 3.63) is 71.6 Å². The van der Waals surface area contributed by atoms with Crippen LogP contribution in [0.1, 0.15) is 25.3 Å². The molecule has 0 radical (unpaired) electrons. The van der Waals surface area contributed by atoms with Gasteiger partial charge in [0.1, 0.15) is 11.6 Å². The van der Waals surface area contributed by atoms with E-state index in [0.717, 1.165) is 44.0 Å². The zero-order valence-electron chi connectivity index (χ0n) is 17.6. The first kappa shape index (κ1) is 23.1. The summed E-state index contributed by atoms with van der Waals surface area (Å²) in [5.41, 5.74) is 2.10. The van der Waals surface area contributed by atoms with E-state index in [1.54, 1.807) is 12.1 Å². The van der Waals surface area contributed by atoms with Gasteiger partial charge in [-0.3, -0.25) is 0 Å². The second-order valence-corrected chi connectivity index (χ2v) is 8.08. The number of phenols is 1. The molecule has 6 heteroatoms. The van der Waals surface area contributed by atoms with Gasteiger partial charge in [-0.2, -0.15) is 3.89 Å². The summed E-state index contributed by atoms with van der Waals surface area (Å²) in [6, 6.07) is 7.12. The van der Waals surface area contributed by atoms with Crippen LogP contribution in [0.3, 0.4) is 0 Å². The molecule has 2 N–H and O–H groups in total. The lowest BCUT2D eigenvalue weighted by atomic mass is 9.97. The smallest absolute Gasteiger partial charge is 0.123 e. The highest BCUT2D eigenvalue weighted by Gasteiger charge is 2.18. The molecule has 0 aromatic heterocycles. The SMILES string of the molecule is C=C/C(SF)=C(/C)N(C)/C(=C\C(=C)c1ccccc1O)NCC1CCN(C)CC1. The number of hydrogen-bond acceptors (Lipinski definition) is 5. The van der Waals surface area contributed by atoms with E-state index in [1.807, 2.05) is 37.1 Å². The Balaban J connectivity index is 2.26. The monoisotopic (exact) mass is 417 g/mol. The van der Waals surface area contributed by atoms with Gasteiger partial charge in [0.05, 0.1) is 17.1 Å². The molecule has 2 rings (SSSR count). The highest BCUT2D eigenvalue weighted by molar-refractivity contribution is 7.98. The number of hydrogen-bond donors (Lipinski definition) is 2. The fourth-order valence-corrected chi connectivity index (χ4v) is 3.66. The van der Waals surface area contributed by atoms with Crippen LogP contribution in [-0.4, -0.2) is 48.6 Å². The maximum atomic E-state index is 13.3. The zero-order valence-corrected chi connectivity index (χ0v) is 18.4. The fraction of sp³-hybridized carbons (Fsp3) is 0.391. The molecule has 4 nitrogen and oxygen atoms in total. The Bertz CT molecular complexity index is 782. The first-order valence-corrected chi connectivity index (χ1v) is 10.6. The molecule has 1 fully saturated rings. The van der Waals surface area contributed by atoms with Gasteiger partial charge in [0.2, 0.25) is 0 Å². The van der Waals surface area contributed by atoms with Crippen LogP contribution in [-0.2, 0) is 0 Å². The topological polar surface area (TPSA) is 38.7 Å². The lowest BCUT2D eigenvalue weighted by Gasteiger charge is -2.31. The number of piperidine rings is 1. The first-order chi connectivity index (χ1) is 13.9. The maximum Gasteiger partial charge on any atom is 0.123 e. The molecular formula is C23H32FN3OS. The van der Waals surface area contributed by atoms with Gasteiger partial charge in [-0.25, -0.2) is 0 Å². The predicted octanol–water partition coefficient (Wildman–Crippen LogP) is 5.15. The van der Waals surface area contributed by atoms with E-state index in [1.165, 1.54) is 6.08 Å². The first-order valence-electron chi connectivity index (χ1n) is 9.84. The van der Waals surface area contributed by atoms with Crippen molar-refractivity contribution in [2.75, 3.05) is 33.7 Å². The number of nitrogens with one attached hydrogen (secondary N) is 1. The number of rotatable bonds is 9. The Morgan fingerprint density at radius 2 is 2.03 bits per heavy atom. The molecule has 1 aromatic rings. The quantitative estimate of drug-likeness (QED) is 0.544. The van der Waals surface area contributed by atoms with E-state index in [9.17, 15) is 8.99 Å². The van der Waals surface area contributed by atoms with Gasteiger partial charge in [-0.1, -0.05) is 37.4 Å². The average Bonchev–Trinajstić information content (AvgIpc) is 2.72. The van der Waals surface area contributed by atoms with E-state index in [-0.39, 0.29) is 17.9 Å². The number of aromatic hydroxyl groups is 1. The van der Waals surface area contributed by atoms with Gasteiger partial charge >= 0.3 is 0 Å². The summed E-state index contributed by atoms with van der Waals surface area (Å²) in [7, 11) is 4.04. The summed E-state index contributed by atoms with van der Waals surface area (Å²) < 4.78 is 13.3. The van der Waals surface area contributed by atoms with E-state index >= 15 is 0 Å². The Hall–Kier alpha value is -2.18. The molecule has 1 saturated heterocycles. The van der Waals surface area contributed by atoms with Crippen LogP contribution in [0.15, 0.2) is 66.0 Å². The van der Waals surface area contributed by atoms with Gasteiger partial charge in [0.25, 0.3) is 0 Å². The number of likely N-dealkylation sites (tertiary alicyclic amines) is 1. The van der Waals surface area contributed by atoms with Gasteiger partial charge in [-0.05, 0) is 63.5 Å². The van der Waals surface area contributed by atoms with Gasteiger partial charge < -0.3 is 20.2 Å². The molecule has 0 saturated carbocycles. The van der Waals surface area contributed by atoms with Crippen molar-refractivity contribution in [1.82, 2.24) is 15.1 Å². The molecule has 158 valence electrons. The van der Waals surface area contributed by atoms with Gasteiger partial charge in [0, 0.05) is 24.9 Å². The predicted molar refractivity (Wildman–Crippen MR) is 123 cm³/mol. The van der Waals surface area contributed by atoms with Crippen molar-refractivity contribution in [2.45, 2.75) is 19.8 Å². The van der Waals surface area contributed by atoms with Crippen LogP contribution in [0.25, 0.3) is 5.57 Å². The van der Waals surface area contributed by atoms with E-state index < -0.39 is 0 Å². The molecule has 29 heavy (non-hydrogen) atoms. The van der Waals surface area contributed by atoms with Crippen LogP contribution in [0.5, 0.6) is 5.75 Å². The standard InChI is InChI=1S/C23H32FN3OS/c1-6-22(29-24)18(3)27(5)23(25-16-19-11-13-26(4)14-12-19)15-17(2)20-9-7-8-10-21(20)28/h6-10,15,19,25,28H,1-2,11-14,16H2,3-5H3/b22-18+,23-15-. The third-order valence-electron chi connectivity index (χ3n) is 5.46. The minimum atomic E-state index is 0.185. The molecular weight excluding hydrogens is 385 g/mol. The van der Waals surface area contributed by atoms with Crippen molar-refractivity contribution in [3.63, 3.8) is 0 Å². The lowest BCUT2D eigenvalue weighted by Crippen LogP contribution is -2.37. The molecule has 0 spiro atoms. The second-order valence-electron chi connectivity index (χ2n) is 7.49. The summed E-state index contributed by atoms with van der Waals surface area (Å²) in [6.07, 6.45) is 5.71.